The summed E-state index contributed by atoms with van der Waals surface area (Å²) in [5, 5.41) is 0. The largest absolute Gasteiger partial charge is 0.416 e. The van der Waals surface area contributed by atoms with E-state index in [1.165, 1.54) is 12.1 Å². The zero-order chi connectivity index (χ0) is 16.3. The fourth-order valence-corrected chi connectivity index (χ4v) is 2.92. The van der Waals surface area contributed by atoms with Gasteiger partial charge in [-0.1, -0.05) is 19.1 Å². The molecule has 0 radical (unpaired) electrons. The van der Waals surface area contributed by atoms with Gasteiger partial charge in [-0.15, -0.1) is 0 Å². The fraction of sp³-hybridized carbons (Fsp3) is 0.562. The maximum atomic E-state index is 12.5. The smallest absolute Gasteiger partial charge is 0.338 e. The molecule has 2 unspecified atom stereocenters. The van der Waals surface area contributed by atoms with Crippen molar-refractivity contribution in [1.29, 1.82) is 0 Å². The highest BCUT2D eigenvalue weighted by Gasteiger charge is 2.31. The molecule has 1 saturated heterocycles. The first-order valence-corrected chi connectivity index (χ1v) is 7.49. The number of benzene rings is 1. The van der Waals surface area contributed by atoms with E-state index < -0.39 is 11.7 Å². The Morgan fingerprint density at radius 2 is 2.00 bits per heavy atom. The van der Waals surface area contributed by atoms with Crippen molar-refractivity contribution in [1.82, 2.24) is 4.90 Å². The van der Waals surface area contributed by atoms with Gasteiger partial charge in [-0.05, 0) is 37.0 Å². The van der Waals surface area contributed by atoms with E-state index in [4.69, 9.17) is 5.73 Å². The van der Waals surface area contributed by atoms with Gasteiger partial charge in [-0.2, -0.15) is 13.2 Å². The van der Waals surface area contributed by atoms with Crippen LogP contribution in [0.3, 0.4) is 0 Å². The van der Waals surface area contributed by atoms with Gasteiger partial charge < -0.3 is 10.6 Å². The van der Waals surface area contributed by atoms with E-state index >= 15 is 0 Å². The number of halogens is 3. The Hall–Kier alpha value is -1.56. The average Bonchev–Trinajstić information content (AvgIpc) is 2.94. The van der Waals surface area contributed by atoms with E-state index in [0.29, 0.717) is 13.0 Å². The van der Waals surface area contributed by atoms with E-state index in [1.54, 1.807) is 0 Å². The molecule has 0 aromatic heterocycles. The number of hydrogen-bond acceptors (Lipinski definition) is 2. The first-order valence-electron chi connectivity index (χ1n) is 7.49. The summed E-state index contributed by atoms with van der Waals surface area (Å²) in [5.74, 6) is -0.225. The number of amides is 1. The molecule has 1 heterocycles. The number of nitrogens with two attached hydrogens (primary N) is 1. The van der Waals surface area contributed by atoms with Crippen LogP contribution in [-0.2, 0) is 17.4 Å². The molecule has 3 nitrogen and oxygen atoms in total. The van der Waals surface area contributed by atoms with Gasteiger partial charge >= 0.3 is 6.18 Å². The van der Waals surface area contributed by atoms with Crippen molar-refractivity contribution in [3.05, 3.63) is 35.4 Å². The summed E-state index contributed by atoms with van der Waals surface area (Å²) in [4.78, 5) is 14.2. The Kier molecular flexibility index (Phi) is 5.11. The molecule has 22 heavy (non-hydrogen) atoms. The van der Waals surface area contributed by atoms with Crippen molar-refractivity contribution in [3.8, 4) is 0 Å². The zero-order valence-electron chi connectivity index (χ0n) is 12.6. The standard InChI is InChI=1S/C16H21F3N2O/c1-11(15(22)21-8-2-3-14(21)10-20)9-12-4-6-13(7-5-12)16(17,18)19/h4-7,11,14H,2-3,8-10,20H2,1H3. The van der Waals surface area contributed by atoms with Crippen LogP contribution in [0.2, 0.25) is 0 Å². The molecule has 1 fully saturated rings. The molecular weight excluding hydrogens is 293 g/mol. The number of alkyl halides is 3. The molecule has 0 spiro atoms. The van der Waals surface area contributed by atoms with Gasteiger partial charge in [-0.3, -0.25) is 4.79 Å². The van der Waals surface area contributed by atoms with Crippen LogP contribution in [0.25, 0.3) is 0 Å². The lowest BCUT2D eigenvalue weighted by molar-refractivity contribution is -0.138. The Morgan fingerprint density at radius 1 is 1.36 bits per heavy atom. The van der Waals surface area contributed by atoms with Crippen LogP contribution < -0.4 is 5.73 Å². The lowest BCUT2D eigenvalue weighted by Crippen LogP contribution is -2.42. The molecule has 6 heteroatoms. The molecule has 1 aromatic carbocycles. The van der Waals surface area contributed by atoms with Crippen LogP contribution in [0, 0.1) is 5.92 Å². The van der Waals surface area contributed by atoms with Crippen LogP contribution in [0.15, 0.2) is 24.3 Å². The monoisotopic (exact) mass is 314 g/mol. The van der Waals surface area contributed by atoms with E-state index in [9.17, 15) is 18.0 Å². The number of carbonyl (C=O) groups is 1. The molecule has 2 rings (SSSR count). The molecule has 2 atom stereocenters. The Bertz CT molecular complexity index is 513. The molecule has 1 amide bonds. The maximum Gasteiger partial charge on any atom is 0.416 e. The number of carbonyl (C=O) groups excluding carboxylic acids is 1. The van der Waals surface area contributed by atoms with E-state index in [-0.39, 0.29) is 17.9 Å². The third-order valence-electron chi connectivity index (χ3n) is 4.18. The molecule has 0 aliphatic carbocycles. The average molecular weight is 314 g/mol. The lowest BCUT2D eigenvalue weighted by atomic mass is 9.98. The van der Waals surface area contributed by atoms with Crippen LogP contribution in [0.5, 0.6) is 0 Å². The van der Waals surface area contributed by atoms with Crippen LogP contribution >= 0.6 is 0 Å². The maximum absolute atomic E-state index is 12.5. The summed E-state index contributed by atoms with van der Waals surface area (Å²) in [5.41, 5.74) is 5.74. The third-order valence-corrected chi connectivity index (χ3v) is 4.18. The summed E-state index contributed by atoms with van der Waals surface area (Å²) in [6.07, 6.45) is -2.01. The minimum Gasteiger partial charge on any atom is -0.338 e. The minimum absolute atomic E-state index is 0.0350. The van der Waals surface area contributed by atoms with Gasteiger partial charge in [0.1, 0.15) is 0 Å². The summed E-state index contributed by atoms with van der Waals surface area (Å²) in [6.45, 7) is 2.99. The topological polar surface area (TPSA) is 46.3 Å². The van der Waals surface area contributed by atoms with Crippen molar-refractivity contribution in [3.63, 3.8) is 0 Å². The third kappa shape index (κ3) is 3.80. The van der Waals surface area contributed by atoms with Crippen molar-refractivity contribution < 1.29 is 18.0 Å². The first-order chi connectivity index (χ1) is 10.3. The van der Waals surface area contributed by atoms with Gasteiger partial charge in [0.05, 0.1) is 5.56 Å². The summed E-state index contributed by atoms with van der Waals surface area (Å²) >= 11 is 0. The normalized spacial score (nSPS) is 20.2. The van der Waals surface area contributed by atoms with Gasteiger partial charge in [0.2, 0.25) is 5.91 Å². The molecule has 1 aliphatic heterocycles. The van der Waals surface area contributed by atoms with Gasteiger partial charge in [0, 0.05) is 25.0 Å². The molecule has 0 bridgehead atoms. The Morgan fingerprint density at radius 3 is 2.55 bits per heavy atom. The molecular formula is C16H21F3N2O. The molecule has 0 saturated carbocycles. The van der Waals surface area contributed by atoms with Crippen molar-refractivity contribution in [2.24, 2.45) is 11.7 Å². The highest BCUT2D eigenvalue weighted by molar-refractivity contribution is 5.79. The van der Waals surface area contributed by atoms with Crippen molar-refractivity contribution >= 4 is 5.91 Å². The van der Waals surface area contributed by atoms with E-state index in [2.05, 4.69) is 0 Å². The second-order valence-corrected chi connectivity index (χ2v) is 5.86. The van der Waals surface area contributed by atoms with E-state index in [0.717, 1.165) is 37.1 Å². The van der Waals surface area contributed by atoms with Crippen molar-refractivity contribution in [2.45, 2.75) is 38.4 Å². The Balaban J connectivity index is 1.99. The second kappa shape index (κ2) is 6.69. The highest BCUT2D eigenvalue weighted by atomic mass is 19.4. The first kappa shape index (κ1) is 16.8. The van der Waals surface area contributed by atoms with Crippen LogP contribution in [-0.4, -0.2) is 29.9 Å². The molecule has 2 N–H and O–H groups in total. The van der Waals surface area contributed by atoms with Crippen LogP contribution in [0.1, 0.15) is 30.9 Å². The molecule has 1 aromatic rings. The zero-order valence-corrected chi connectivity index (χ0v) is 12.6. The molecule has 122 valence electrons. The summed E-state index contributed by atoms with van der Waals surface area (Å²) in [7, 11) is 0. The SMILES string of the molecule is CC(Cc1ccc(C(F)(F)F)cc1)C(=O)N1CCCC1CN. The second-order valence-electron chi connectivity index (χ2n) is 5.86. The predicted molar refractivity (Wildman–Crippen MR) is 78.1 cm³/mol. The van der Waals surface area contributed by atoms with Gasteiger partial charge in [-0.25, -0.2) is 0 Å². The highest BCUT2D eigenvalue weighted by Crippen LogP contribution is 2.29. The number of rotatable bonds is 4. The number of hydrogen-bond donors (Lipinski definition) is 1. The van der Waals surface area contributed by atoms with Gasteiger partial charge in [0.25, 0.3) is 0 Å². The lowest BCUT2D eigenvalue weighted by Gasteiger charge is -2.26. The fourth-order valence-electron chi connectivity index (χ4n) is 2.92. The number of nitrogens with zero attached hydrogens (tertiary/aromatic N) is 1. The predicted octanol–water partition coefficient (Wildman–Crippen LogP) is 2.83. The van der Waals surface area contributed by atoms with Gasteiger partial charge in [0.15, 0.2) is 0 Å². The van der Waals surface area contributed by atoms with Crippen LogP contribution in [0.4, 0.5) is 13.2 Å². The minimum atomic E-state index is -4.33. The Labute approximate surface area is 128 Å². The molecule has 1 aliphatic rings. The van der Waals surface area contributed by atoms with Crippen molar-refractivity contribution in [2.75, 3.05) is 13.1 Å². The summed E-state index contributed by atoms with van der Waals surface area (Å²) < 4.78 is 37.6. The quantitative estimate of drug-likeness (QED) is 0.929. The number of likely N-dealkylation sites (tertiary alicyclic amines) is 1. The van der Waals surface area contributed by atoms with E-state index in [1.807, 2.05) is 11.8 Å². The summed E-state index contributed by atoms with van der Waals surface area (Å²) in [6, 6.07) is 5.10.